The van der Waals surface area contributed by atoms with Gasteiger partial charge in [0, 0.05) is 24.9 Å². The Morgan fingerprint density at radius 1 is 1.10 bits per heavy atom. The van der Waals surface area contributed by atoms with Gasteiger partial charge in [-0.25, -0.2) is 0 Å². The second kappa shape index (κ2) is 5.84. The molecule has 1 saturated heterocycles. The van der Waals surface area contributed by atoms with E-state index in [0.717, 1.165) is 38.9 Å². The summed E-state index contributed by atoms with van der Waals surface area (Å²) in [6, 6.07) is 9.79. The van der Waals surface area contributed by atoms with Crippen molar-refractivity contribution in [2.75, 3.05) is 13.2 Å². The molecule has 1 aromatic rings. The van der Waals surface area contributed by atoms with Gasteiger partial charge in [0.25, 0.3) is 0 Å². The molecule has 110 valence electrons. The normalized spacial score (nSPS) is 24.1. The fourth-order valence-electron chi connectivity index (χ4n) is 3.31. The first-order chi connectivity index (χ1) is 9.67. The Balaban J connectivity index is 1.52. The minimum atomic E-state index is -0.245. The van der Waals surface area contributed by atoms with E-state index in [1.54, 1.807) is 0 Å². The highest BCUT2D eigenvalue weighted by Gasteiger charge is 2.40. The highest BCUT2D eigenvalue weighted by atomic mass is 16.7. The quantitative estimate of drug-likeness (QED) is 0.918. The van der Waals surface area contributed by atoms with Crippen molar-refractivity contribution in [3.05, 3.63) is 35.4 Å². The highest BCUT2D eigenvalue weighted by molar-refractivity contribution is 5.23. The van der Waals surface area contributed by atoms with Crippen molar-refractivity contribution in [2.45, 2.75) is 57.4 Å². The first-order valence-electron chi connectivity index (χ1n) is 7.77. The average Bonchev–Trinajstić information content (AvgIpc) is 2.91. The summed E-state index contributed by atoms with van der Waals surface area (Å²) in [5.41, 5.74) is 2.68. The molecule has 3 rings (SSSR count). The van der Waals surface area contributed by atoms with Gasteiger partial charge in [-0.1, -0.05) is 29.8 Å². The highest BCUT2D eigenvalue weighted by Crippen LogP contribution is 2.36. The van der Waals surface area contributed by atoms with Crippen LogP contribution < -0.4 is 5.32 Å². The van der Waals surface area contributed by atoms with Crippen LogP contribution in [0.5, 0.6) is 0 Å². The first-order valence-corrected chi connectivity index (χ1v) is 7.77. The van der Waals surface area contributed by atoms with E-state index in [-0.39, 0.29) is 5.79 Å². The van der Waals surface area contributed by atoms with E-state index < -0.39 is 0 Å². The first kappa shape index (κ1) is 14.1. The Morgan fingerprint density at radius 3 is 2.30 bits per heavy atom. The van der Waals surface area contributed by atoms with Gasteiger partial charge in [-0.15, -0.1) is 0 Å². The van der Waals surface area contributed by atoms with Crippen LogP contribution in [-0.4, -0.2) is 25.0 Å². The second-order valence-electron chi connectivity index (χ2n) is 6.18. The smallest absolute Gasteiger partial charge is 0.168 e. The van der Waals surface area contributed by atoms with E-state index in [0.29, 0.717) is 12.1 Å². The Labute approximate surface area is 121 Å². The molecule has 1 heterocycles. The summed E-state index contributed by atoms with van der Waals surface area (Å²) in [5.74, 6) is -0.245. The van der Waals surface area contributed by atoms with Gasteiger partial charge in [-0.05, 0) is 32.3 Å². The molecule has 3 heteroatoms. The number of nitrogens with one attached hydrogen (secondary N) is 1. The van der Waals surface area contributed by atoms with Crippen molar-refractivity contribution in [1.29, 1.82) is 0 Å². The predicted octanol–water partition coefficient (Wildman–Crippen LogP) is 3.33. The molecule has 20 heavy (non-hydrogen) atoms. The maximum Gasteiger partial charge on any atom is 0.168 e. The zero-order valence-corrected chi connectivity index (χ0v) is 12.5. The van der Waals surface area contributed by atoms with Crippen molar-refractivity contribution < 1.29 is 9.47 Å². The van der Waals surface area contributed by atoms with Crippen LogP contribution in [0.3, 0.4) is 0 Å². The summed E-state index contributed by atoms with van der Waals surface area (Å²) in [7, 11) is 0. The van der Waals surface area contributed by atoms with Crippen molar-refractivity contribution in [1.82, 2.24) is 5.32 Å². The maximum absolute atomic E-state index is 5.78. The fraction of sp³-hybridized carbons (Fsp3) is 0.647. The topological polar surface area (TPSA) is 30.5 Å². The summed E-state index contributed by atoms with van der Waals surface area (Å²) >= 11 is 0. The van der Waals surface area contributed by atoms with Crippen LogP contribution in [0.1, 0.15) is 49.8 Å². The Morgan fingerprint density at radius 2 is 1.70 bits per heavy atom. The lowest BCUT2D eigenvalue weighted by atomic mass is 9.89. The summed E-state index contributed by atoms with van der Waals surface area (Å²) < 4.78 is 11.6. The van der Waals surface area contributed by atoms with Gasteiger partial charge in [-0.3, -0.25) is 0 Å². The number of benzene rings is 1. The molecule has 2 fully saturated rings. The standard InChI is InChI=1S/C17H25NO2/c1-13-3-5-15(6-4-13)14(2)18-16-7-9-17(10-8-16)19-11-12-20-17/h3-6,14,16,18H,7-12H2,1-2H3. The molecule has 1 aromatic carbocycles. The lowest BCUT2D eigenvalue weighted by Gasteiger charge is -2.36. The molecular weight excluding hydrogens is 250 g/mol. The third-order valence-electron chi connectivity index (χ3n) is 4.62. The van der Waals surface area contributed by atoms with Crippen LogP contribution in [0.2, 0.25) is 0 Å². The molecule has 2 aliphatic rings. The van der Waals surface area contributed by atoms with Gasteiger partial charge < -0.3 is 14.8 Å². The van der Waals surface area contributed by atoms with Crippen LogP contribution in [0.4, 0.5) is 0 Å². The molecule has 1 aliphatic carbocycles. The molecule has 1 unspecified atom stereocenters. The van der Waals surface area contributed by atoms with Crippen molar-refractivity contribution in [2.24, 2.45) is 0 Å². The van der Waals surface area contributed by atoms with E-state index in [9.17, 15) is 0 Å². The molecular formula is C17H25NO2. The van der Waals surface area contributed by atoms with Crippen LogP contribution in [-0.2, 0) is 9.47 Å². The molecule has 1 atom stereocenters. The monoisotopic (exact) mass is 275 g/mol. The van der Waals surface area contributed by atoms with Gasteiger partial charge >= 0.3 is 0 Å². The van der Waals surface area contributed by atoms with Crippen LogP contribution in [0, 0.1) is 6.92 Å². The summed E-state index contributed by atoms with van der Waals surface area (Å²) in [5, 5.41) is 3.75. The summed E-state index contributed by atoms with van der Waals surface area (Å²) in [4.78, 5) is 0. The van der Waals surface area contributed by atoms with Gasteiger partial charge in [0.2, 0.25) is 0 Å². The lowest BCUT2D eigenvalue weighted by Crippen LogP contribution is -2.42. The number of aryl methyl sites for hydroxylation is 1. The minimum Gasteiger partial charge on any atom is -0.348 e. The van der Waals surface area contributed by atoms with Crippen LogP contribution in [0.15, 0.2) is 24.3 Å². The zero-order chi connectivity index (χ0) is 14.0. The van der Waals surface area contributed by atoms with Gasteiger partial charge in [0.1, 0.15) is 0 Å². The number of ether oxygens (including phenoxy) is 2. The molecule has 0 bridgehead atoms. The third-order valence-corrected chi connectivity index (χ3v) is 4.62. The molecule has 0 aromatic heterocycles. The summed E-state index contributed by atoms with van der Waals surface area (Å²) in [6.45, 7) is 5.90. The molecule has 3 nitrogen and oxygen atoms in total. The number of rotatable bonds is 3. The Kier molecular flexibility index (Phi) is 4.11. The molecule has 1 saturated carbocycles. The van der Waals surface area contributed by atoms with E-state index in [1.165, 1.54) is 11.1 Å². The molecule has 0 amide bonds. The fourth-order valence-corrected chi connectivity index (χ4v) is 3.31. The number of hydrogen-bond donors (Lipinski definition) is 1. The second-order valence-corrected chi connectivity index (χ2v) is 6.18. The zero-order valence-electron chi connectivity index (χ0n) is 12.5. The van der Waals surface area contributed by atoms with E-state index in [2.05, 4.69) is 43.4 Å². The van der Waals surface area contributed by atoms with Crippen LogP contribution >= 0.6 is 0 Å². The SMILES string of the molecule is Cc1ccc(C(C)NC2CCC3(CC2)OCCO3)cc1. The van der Waals surface area contributed by atoms with E-state index in [1.807, 2.05) is 0 Å². The maximum atomic E-state index is 5.78. The average molecular weight is 275 g/mol. The Bertz CT molecular complexity index is 427. The van der Waals surface area contributed by atoms with Gasteiger partial charge in [0.05, 0.1) is 13.2 Å². The molecule has 1 aliphatic heterocycles. The summed E-state index contributed by atoms with van der Waals surface area (Å²) in [6.07, 6.45) is 4.31. The minimum absolute atomic E-state index is 0.245. The van der Waals surface area contributed by atoms with Crippen LogP contribution in [0.25, 0.3) is 0 Å². The lowest BCUT2D eigenvalue weighted by molar-refractivity contribution is -0.179. The Hall–Kier alpha value is -0.900. The van der Waals surface area contributed by atoms with E-state index >= 15 is 0 Å². The van der Waals surface area contributed by atoms with E-state index in [4.69, 9.17) is 9.47 Å². The third kappa shape index (κ3) is 3.05. The largest absolute Gasteiger partial charge is 0.348 e. The van der Waals surface area contributed by atoms with Gasteiger partial charge in [-0.2, -0.15) is 0 Å². The van der Waals surface area contributed by atoms with Gasteiger partial charge in [0.15, 0.2) is 5.79 Å². The molecule has 1 spiro atoms. The molecule has 0 radical (unpaired) electrons. The number of hydrogen-bond acceptors (Lipinski definition) is 3. The van der Waals surface area contributed by atoms with Crippen molar-refractivity contribution in [3.63, 3.8) is 0 Å². The molecule has 1 N–H and O–H groups in total. The van der Waals surface area contributed by atoms with Crippen molar-refractivity contribution >= 4 is 0 Å². The predicted molar refractivity (Wildman–Crippen MR) is 79.6 cm³/mol. The van der Waals surface area contributed by atoms with Crippen molar-refractivity contribution in [3.8, 4) is 0 Å².